The molecule has 0 unspecified atom stereocenters. The number of nitrogens with zero attached hydrogens (tertiary/aromatic N) is 3. The van der Waals surface area contributed by atoms with Gasteiger partial charge in [-0.2, -0.15) is 10.5 Å². The maximum atomic E-state index is 10.2. The Labute approximate surface area is 175 Å². The number of nitriles is 2. The highest BCUT2D eigenvalue weighted by atomic mass is 14.7. The molecule has 0 radical (unpaired) electrons. The Morgan fingerprint density at radius 2 is 0.867 bits per heavy atom. The average molecular weight is 381 g/mol. The normalized spacial score (nSPS) is 9.90. The molecule has 0 aliphatic carbocycles. The molecule has 4 rings (SSSR count). The summed E-state index contributed by atoms with van der Waals surface area (Å²) in [6.07, 6.45) is 0. The van der Waals surface area contributed by atoms with Crippen LogP contribution in [-0.2, 0) is 0 Å². The number of hydrogen-bond acceptors (Lipinski definition) is 2. The van der Waals surface area contributed by atoms with Gasteiger partial charge in [-0.25, -0.2) is 4.85 Å². The summed E-state index contributed by atoms with van der Waals surface area (Å²) >= 11 is 0. The predicted molar refractivity (Wildman–Crippen MR) is 118 cm³/mol. The summed E-state index contributed by atoms with van der Waals surface area (Å²) in [7, 11) is 0. The first kappa shape index (κ1) is 18.7. The van der Waals surface area contributed by atoms with E-state index in [-0.39, 0.29) is 0 Å². The van der Waals surface area contributed by atoms with Crippen LogP contribution in [-0.4, -0.2) is 0 Å². The SMILES string of the molecule is [C-]#[N+]c1c(-c2ccccc2)c(C#N)c(-c2ccccc2)c(C#N)c1-c1ccccc1. The lowest BCUT2D eigenvalue weighted by atomic mass is 9.82. The monoisotopic (exact) mass is 381 g/mol. The number of benzene rings is 4. The summed E-state index contributed by atoms with van der Waals surface area (Å²) in [5.74, 6) is 0. The van der Waals surface area contributed by atoms with Gasteiger partial charge in [-0.15, -0.1) is 0 Å². The topological polar surface area (TPSA) is 51.9 Å². The van der Waals surface area contributed by atoms with Gasteiger partial charge in [0.2, 0.25) is 5.69 Å². The van der Waals surface area contributed by atoms with Crippen molar-refractivity contribution in [3.63, 3.8) is 0 Å². The Balaban J connectivity index is 2.27. The molecule has 0 saturated heterocycles. The van der Waals surface area contributed by atoms with Crippen molar-refractivity contribution in [1.82, 2.24) is 0 Å². The maximum absolute atomic E-state index is 10.2. The van der Waals surface area contributed by atoms with Gasteiger partial charge in [0.1, 0.15) is 0 Å². The highest BCUT2D eigenvalue weighted by Crippen LogP contribution is 2.48. The molecule has 0 aromatic heterocycles. The van der Waals surface area contributed by atoms with E-state index in [4.69, 9.17) is 6.57 Å². The molecular formula is C27H15N3. The second-order valence-electron chi connectivity index (χ2n) is 6.66. The Bertz CT molecular complexity index is 1140. The highest BCUT2D eigenvalue weighted by molar-refractivity contribution is 6.03. The third kappa shape index (κ3) is 3.10. The van der Waals surface area contributed by atoms with Crippen LogP contribution < -0.4 is 0 Å². The maximum Gasteiger partial charge on any atom is 0.205 e. The molecule has 138 valence electrons. The van der Waals surface area contributed by atoms with Gasteiger partial charge in [-0.3, -0.25) is 0 Å². The van der Waals surface area contributed by atoms with Gasteiger partial charge in [0.05, 0.1) is 29.8 Å². The molecule has 0 spiro atoms. The standard InChI is InChI=1S/C27H15N3/c1-30-27-25(20-13-7-3-8-14-20)22(17-28)24(19-11-5-2-6-12-19)23(18-29)26(27)21-15-9-4-10-16-21/h2-16H. The summed E-state index contributed by atoms with van der Waals surface area (Å²) in [5.41, 5.74) is 5.01. The largest absolute Gasteiger partial charge is 0.237 e. The van der Waals surface area contributed by atoms with E-state index in [9.17, 15) is 10.5 Å². The quantitative estimate of drug-likeness (QED) is 0.359. The fourth-order valence-electron chi connectivity index (χ4n) is 3.74. The minimum absolute atomic E-state index is 0.320. The van der Waals surface area contributed by atoms with Gasteiger partial charge >= 0.3 is 0 Å². The Morgan fingerprint density at radius 1 is 0.533 bits per heavy atom. The first-order valence-corrected chi connectivity index (χ1v) is 9.38. The first-order valence-electron chi connectivity index (χ1n) is 9.38. The van der Waals surface area contributed by atoms with Crippen molar-refractivity contribution in [2.24, 2.45) is 0 Å². The molecule has 0 heterocycles. The van der Waals surface area contributed by atoms with E-state index in [1.165, 1.54) is 0 Å². The summed E-state index contributed by atoms with van der Waals surface area (Å²) < 4.78 is 0. The van der Waals surface area contributed by atoms with E-state index in [0.29, 0.717) is 33.5 Å². The van der Waals surface area contributed by atoms with Gasteiger partial charge in [0, 0.05) is 16.7 Å². The van der Waals surface area contributed by atoms with Crippen LogP contribution in [0.1, 0.15) is 11.1 Å². The van der Waals surface area contributed by atoms with Crippen LogP contribution in [0.2, 0.25) is 0 Å². The lowest BCUT2D eigenvalue weighted by molar-refractivity contribution is 1.43. The third-order valence-electron chi connectivity index (χ3n) is 5.00. The summed E-state index contributed by atoms with van der Waals surface area (Å²) in [6, 6.07) is 32.9. The van der Waals surface area contributed by atoms with E-state index in [2.05, 4.69) is 17.0 Å². The molecule has 0 aliphatic heterocycles. The molecule has 0 bridgehead atoms. The fourth-order valence-corrected chi connectivity index (χ4v) is 3.74. The predicted octanol–water partition coefficient (Wildman–Crippen LogP) is 6.98. The molecule has 4 aromatic rings. The molecule has 0 fully saturated rings. The fraction of sp³-hybridized carbons (Fsp3) is 0. The molecule has 0 amide bonds. The minimum Gasteiger partial charge on any atom is -0.237 e. The van der Waals surface area contributed by atoms with Crippen LogP contribution in [0.15, 0.2) is 91.0 Å². The summed E-state index contributed by atoms with van der Waals surface area (Å²) in [6.45, 7) is 7.95. The Kier molecular flexibility index (Phi) is 5.08. The number of rotatable bonds is 3. The zero-order valence-corrected chi connectivity index (χ0v) is 16.0. The van der Waals surface area contributed by atoms with Crippen LogP contribution in [0, 0.1) is 29.2 Å². The van der Waals surface area contributed by atoms with Crippen LogP contribution in [0.25, 0.3) is 38.2 Å². The van der Waals surface area contributed by atoms with Crippen molar-refractivity contribution in [3.8, 4) is 45.5 Å². The van der Waals surface area contributed by atoms with Gasteiger partial charge in [-0.05, 0) is 16.7 Å². The Morgan fingerprint density at radius 3 is 1.17 bits per heavy atom. The van der Waals surface area contributed by atoms with E-state index in [1.807, 2.05) is 91.0 Å². The van der Waals surface area contributed by atoms with Crippen molar-refractivity contribution < 1.29 is 0 Å². The zero-order valence-electron chi connectivity index (χ0n) is 16.0. The van der Waals surface area contributed by atoms with E-state index < -0.39 is 0 Å². The first-order chi connectivity index (χ1) is 14.8. The molecular weight excluding hydrogens is 366 g/mol. The molecule has 3 nitrogen and oxygen atoms in total. The number of hydrogen-bond donors (Lipinski definition) is 0. The van der Waals surface area contributed by atoms with E-state index >= 15 is 0 Å². The smallest absolute Gasteiger partial charge is 0.205 e. The molecule has 3 heteroatoms. The van der Waals surface area contributed by atoms with Crippen molar-refractivity contribution in [1.29, 1.82) is 10.5 Å². The van der Waals surface area contributed by atoms with Crippen LogP contribution >= 0.6 is 0 Å². The highest BCUT2D eigenvalue weighted by Gasteiger charge is 2.26. The lowest BCUT2D eigenvalue weighted by Crippen LogP contribution is -1.99. The van der Waals surface area contributed by atoms with Crippen LogP contribution in [0.5, 0.6) is 0 Å². The molecule has 4 aromatic carbocycles. The zero-order chi connectivity index (χ0) is 20.9. The minimum atomic E-state index is 0.320. The van der Waals surface area contributed by atoms with Crippen LogP contribution in [0.4, 0.5) is 5.69 Å². The molecule has 0 saturated carbocycles. The average Bonchev–Trinajstić information content (AvgIpc) is 2.83. The van der Waals surface area contributed by atoms with Gasteiger partial charge in [-0.1, -0.05) is 91.0 Å². The van der Waals surface area contributed by atoms with E-state index in [1.54, 1.807) is 0 Å². The van der Waals surface area contributed by atoms with Crippen molar-refractivity contribution in [3.05, 3.63) is 114 Å². The van der Waals surface area contributed by atoms with Crippen LogP contribution in [0.3, 0.4) is 0 Å². The molecule has 30 heavy (non-hydrogen) atoms. The summed E-state index contributed by atoms with van der Waals surface area (Å²) in [4.78, 5) is 3.82. The van der Waals surface area contributed by atoms with E-state index in [0.717, 1.165) is 16.7 Å². The van der Waals surface area contributed by atoms with Gasteiger partial charge < -0.3 is 0 Å². The summed E-state index contributed by atoms with van der Waals surface area (Å²) in [5, 5.41) is 20.3. The van der Waals surface area contributed by atoms with Crippen molar-refractivity contribution in [2.75, 3.05) is 0 Å². The van der Waals surface area contributed by atoms with Gasteiger partial charge in [0.25, 0.3) is 0 Å². The third-order valence-corrected chi connectivity index (χ3v) is 5.00. The van der Waals surface area contributed by atoms with Crippen molar-refractivity contribution in [2.45, 2.75) is 0 Å². The Hall–Kier alpha value is -4.65. The van der Waals surface area contributed by atoms with Gasteiger partial charge in [0.15, 0.2) is 0 Å². The second kappa shape index (κ2) is 8.15. The lowest BCUT2D eigenvalue weighted by Gasteiger charge is -2.19. The molecule has 0 N–H and O–H groups in total. The molecule has 0 atom stereocenters. The van der Waals surface area contributed by atoms with Crippen molar-refractivity contribution >= 4 is 5.69 Å². The molecule has 0 aliphatic rings. The second-order valence-corrected chi connectivity index (χ2v) is 6.66.